The fraction of sp³-hybridized carbons (Fsp3) is 0.360. The smallest absolute Gasteiger partial charge is 0.305 e. The molecular weight excluding hydrogens is 441 g/mol. The van der Waals surface area contributed by atoms with Crippen molar-refractivity contribution in [3.63, 3.8) is 0 Å². The molecule has 178 valence electrons. The van der Waals surface area contributed by atoms with Crippen LogP contribution < -0.4 is 9.47 Å². The summed E-state index contributed by atoms with van der Waals surface area (Å²) in [7, 11) is 0. The molecule has 1 heterocycles. The second-order valence-corrected chi connectivity index (χ2v) is 7.66. The minimum atomic E-state index is -0.560. The number of benzene rings is 2. The molecule has 9 heteroatoms. The fourth-order valence-electron chi connectivity index (χ4n) is 3.12. The quantitative estimate of drug-likeness (QED) is 0.276. The lowest BCUT2D eigenvalue weighted by molar-refractivity contribution is -0.143. The molecule has 3 rings (SSSR count). The molecule has 0 aliphatic rings. The van der Waals surface area contributed by atoms with Crippen molar-refractivity contribution in [1.29, 1.82) is 5.26 Å². The number of aromatic nitrogens is 2. The highest BCUT2D eigenvalue weighted by molar-refractivity contribution is 5.69. The van der Waals surface area contributed by atoms with Gasteiger partial charge in [-0.15, -0.1) is 0 Å². The Morgan fingerprint density at radius 2 is 2.03 bits per heavy atom. The van der Waals surface area contributed by atoms with Crippen LogP contribution in [0.4, 0.5) is 4.39 Å². The van der Waals surface area contributed by atoms with E-state index < -0.39 is 5.82 Å². The van der Waals surface area contributed by atoms with Gasteiger partial charge >= 0.3 is 5.97 Å². The van der Waals surface area contributed by atoms with E-state index in [4.69, 9.17) is 18.7 Å². The molecular formula is C25H26FN3O5. The molecule has 0 fully saturated rings. The number of esters is 1. The second kappa shape index (κ2) is 11.8. The molecule has 1 aromatic heterocycles. The number of nitrogens with zero attached hydrogens (tertiary/aromatic N) is 3. The molecule has 0 radical (unpaired) electrons. The van der Waals surface area contributed by atoms with Crippen LogP contribution in [0.25, 0.3) is 22.8 Å². The Morgan fingerprint density at radius 3 is 2.74 bits per heavy atom. The Labute approximate surface area is 197 Å². The summed E-state index contributed by atoms with van der Waals surface area (Å²) in [6.45, 7) is 6.22. The predicted octanol–water partition coefficient (Wildman–Crippen LogP) is 5.31. The average Bonchev–Trinajstić information content (AvgIpc) is 3.29. The number of carbonyl (C=O) groups is 1. The lowest BCUT2D eigenvalue weighted by Gasteiger charge is -2.11. The van der Waals surface area contributed by atoms with Gasteiger partial charge in [0.05, 0.1) is 30.4 Å². The van der Waals surface area contributed by atoms with E-state index in [2.05, 4.69) is 16.2 Å². The van der Waals surface area contributed by atoms with Crippen molar-refractivity contribution in [2.75, 3.05) is 13.2 Å². The standard InChI is InChI=1S/C25H26FN3O5/c1-4-31-23(30)7-5-6-12-32-19-9-10-20(21(26)14-19)24-28-25(34-29-24)17-8-11-22(33-16(2)3)18(13-17)15-27/h8-11,13-14,16H,4-7,12H2,1-3H3. The lowest BCUT2D eigenvalue weighted by atomic mass is 10.1. The van der Waals surface area contributed by atoms with Crippen molar-refractivity contribution in [3.05, 3.63) is 47.8 Å². The minimum Gasteiger partial charge on any atom is -0.493 e. The Balaban J connectivity index is 1.64. The van der Waals surface area contributed by atoms with Crippen molar-refractivity contribution >= 4 is 5.97 Å². The van der Waals surface area contributed by atoms with Gasteiger partial charge in [0.25, 0.3) is 5.89 Å². The maximum atomic E-state index is 14.7. The first kappa shape index (κ1) is 24.7. The van der Waals surface area contributed by atoms with Gasteiger partial charge in [0, 0.05) is 18.1 Å². The zero-order valence-corrected chi connectivity index (χ0v) is 19.3. The molecule has 0 N–H and O–H groups in total. The van der Waals surface area contributed by atoms with Crippen molar-refractivity contribution in [3.8, 4) is 40.4 Å². The number of halogens is 1. The maximum absolute atomic E-state index is 14.7. The van der Waals surface area contributed by atoms with Crippen LogP contribution in [-0.4, -0.2) is 35.4 Å². The van der Waals surface area contributed by atoms with Crippen LogP contribution in [0.15, 0.2) is 40.9 Å². The molecule has 0 unspecified atom stereocenters. The molecule has 3 aromatic rings. The van der Waals surface area contributed by atoms with E-state index in [9.17, 15) is 14.4 Å². The van der Waals surface area contributed by atoms with E-state index in [-0.39, 0.29) is 29.4 Å². The van der Waals surface area contributed by atoms with Crippen LogP contribution >= 0.6 is 0 Å². The third-order valence-corrected chi connectivity index (χ3v) is 4.67. The third-order valence-electron chi connectivity index (χ3n) is 4.67. The normalized spacial score (nSPS) is 10.7. The van der Waals surface area contributed by atoms with Gasteiger partial charge in [0.2, 0.25) is 5.82 Å². The number of carbonyl (C=O) groups excluding carboxylic acids is 1. The van der Waals surface area contributed by atoms with Gasteiger partial charge in [0.1, 0.15) is 23.4 Å². The van der Waals surface area contributed by atoms with E-state index in [1.807, 2.05) is 13.8 Å². The van der Waals surface area contributed by atoms with Crippen LogP contribution in [0, 0.1) is 17.1 Å². The summed E-state index contributed by atoms with van der Waals surface area (Å²) in [6.07, 6.45) is 1.52. The van der Waals surface area contributed by atoms with Crippen LogP contribution in [-0.2, 0) is 9.53 Å². The summed E-state index contributed by atoms with van der Waals surface area (Å²) in [4.78, 5) is 15.6. The van der Waals surface area contributed by atoms with Crippen LogP contribution in [0.5, 0.6) is 11.5 Å². The molecule has 0 atom stereocenters. The van der Waals surface area contributed by atoms with Crippen molar-refractivity contribution in [1.82, 2.24) is 10.1 Å². The number of hydrogen-bond acceptors (Lipinski definition) is 8. The lowest BCUT2D eigenvalue weighted by Crippen LogP contribution is -2.06. The summed E-state index contributed by atoms with van der Waals surface area (Å²) in [5.41, 5.74) is 1.01. The summed E-state index contributed by atoms with van der Waals surface area (Å²) >= 11 is 0. The molecule has 0 aliphatic carbocycles. The molecule has 0 bridgehead atoms. The van der Waals surface area contributed by atoms with E-state index in [0.717, 1.165) is 0 Å². The van der Waals surface area contributed by atoms with Gasteiger partial charge in [-0.05, 0) is 63.9 Å². The highest BCUT2D eigenvalue weighted by atomic mass is 19.1. The second-order valence-electron chi connectivity index (χ2n) is 7.66. The highest BCUT2D eigenvalue weighted by Crippen LogP contribution is 2.29. The molecule has 0 saturated carbocycles. The minimum absolute atomic E-state index is 0.0764. The van der Waals surface area contributed by atoms with Crippen molar-refractivity contribution in [2.24, 2.45) is 0 Å². The Hall–Kier alpha value is -3.93. The number of hydrogen-bond donors (Lipinski definition) is 0. The third kappa shape index (κ3) is 6.54. The zero-order valence-electron chi connectivity index (χ0n) is 19.3. The van der Waals surface area contributed by atoms with Gasteiger partial charge in [-0.25, -0.2) is 4.39 Å². The Morgan fingerprint density at radius 1 is 1.21 bits per heavy atom. The Kier molecular flexibility index (Phi) is 8.57. The molecule has 0 amide bonds. The van der Waals surface area contributed by atoms with E-state index in [1.54, 1.807) is 31.2 Å². The first-order valence-corrected chi connectivity index (χ1v) is 11.0. The fourth-order valence-corrected chi connectivity index (χ4v) is 3.12. The van der Waals surface area contributed by atoms with Gasteiger partial charge in [-0.3, -0.25) is 4.79 Å². The maximum Gasteiger partial charge on any atom is 0.305 e. The molecule has 0 aliphatic heterocycles. The molecule has 0 saturated heterocycles. The summed E-state index contributed by atoms with van der Waals surface area (Å²) in [5, 5.41) is 13.3. The van der Waals surface area contributed by atoms with Crippen molar-refractivity contribution < 1.29 is 27.9 Å². The number of ether oxygens (including phenoxy) is 3. The SMILES string of the molecule is CCOC(=O)CCCCOc1ccc(-c2noc(-c3ccc(OC(C)C)c(C#N)c3)n2)c(F)c1. The van der Waals surface area contributed by atoms with E-state index in [1.165, 1.54) is 12.1 Å². The van der Waals surface area contributed by atoms with Gasteiger partial charge in [0.15, 0.2) is 0 Å². The van der Waals surface area contributed by atoms with Crippen LogP contribution in [0.2, 0.25) is 0 Å². The van der Waals surface area contributed by atoms with E-state index in [0.29, 0.717) is 55.1 Å². The predicted molar refractivity (Wildman–Crippen MR) is 122 cm³/mol. The summed E-state index contributed by atoms with van der Waals surface area (Å²) in [5.74, 6) is 0.262. The van der Waals surface area contributed by atoms with Crippen molar-refractivity contribution in [2.45, 2.75) is 46.1 Å². The van der Waals surface area contributed by atoms with Crippen LogP contribution in [0.3, 0.4) is 0 Å². The molecule has 34 heavy (non-hydrogen) atoms. The molecule has 2 aromatic carbocycles. The Bertz CT molecular complexity index is 1170. The molecule has 0 spiro atoms. The average molecular weight is 467 g/mol. The van der Waals surface area contributed by atoms with Crippen LogP contribution in [0.1, 0.15) is 45.6 Å². The van der Waals surface area contributed by atoms with Gasteiger partial charge in [-0.2, -0.15) is 10.2 Å². The highest BCUT2D eigenvalue weighted by Gasteiger charge is 2.17. The zero-order chi connectivity index (χ0) is 24.5. The largest absolute Gasteiger partial charge is 0.493 e. The topological polar surface area (TPSA) is 107 Å². The van der Waals surface area contributed by atoms with Gasteiger partial charge in [-0.1, -0.05) is 5.16 Å². The summed E-state index contributed by atoms with van der Waals surface area (Å²) < 4.78 is 36.0. The van der Waals surface area contributed by atoms with Gasteiger partial charge < -0.3 is 18.7 Å². The first-order chi connectivity index (χ1) is 16.4. The number of rotatable bonds is 11. The first-order valence-electron chi connectivity index (χ1n) is 11.0. The van der Waals surface area contributed by atoms with E-state index >= 15 is 0 Å². The summed E-state index contributed by atoms with van der Waals surface area (Å²) in [6, 6.07) is 11.4. The monoisotopic (exact) mass is 467 g/mol. The number of nitriles is 1. The number of unbranched alkanes of at least 4 members (excludes halogenated alkanes) is 1. The molecule has 8 nitrogen and oxygen atoms in total.